The molecule has 0 aromatic carbocycles. The quantitative estimate of drug-likeness (QED) is 0.923. The van der Waals surface area contributed by atoms with E-state index in [1.807, 2.05) is 0 Å². The normalized spacial score (nSPS) is 27.8. The lowest BCUT2D eigenvalue weighted by Crippen LogP contribution is -2.47. The first-order chi connectivity index (χ1) is 11.3. The fourth-order valence-electron chi connectivity index (χ4n) is 4.16. The first-order valence-corrected chi connectivity index (χ1v) is 9.68. The minimum absolute atomic E-state index is 0.222. The van der Waals surface area contributed by atoms with E-state index in [1.54, 1.807) is 11.3 Å². The summed E-state index contributed by atoms with van der Waals surface area (Å²) in [5, 5.41) is 7.74. The maximum Gasteiger partial charge on any atom is 0.321 e. The third kappa shape index (κ3) is 2.99. The Kier molecular flexibility index (Phi) is 4.55. The number of hydrogen-bond donors (Lipinski definition) is 1. The number of amides is 2. The standard InChI is InChI=1S/C17H25N3O2S/c21-17-19(14-3-8-22-9-4-14)11-16(13-5-10-23-12-13)20(17)15-1-6-18-7-2-15/h5,10,12,14-16,18H,1-4,6-9,11H2. The maximum absolute atomic E-state index is 13.2. The molecule has 126 valence electrons. The van der Waals surface area contributed by atoms with E-state index in [1.165, 1.54) is 5.56 Å². The van der Waals surface area contributed by atoms with Crippen LogP contribution in [0.2, 0.25) is 0 Å². The van der Waals surface area contributed by atoms with E-state index in [-0.39, 0.29) is 12.1 Å². The van der Waals surface area contributed by atoms with Crippen LogP contribution in [0.25, 0.3) is 0 Å². The van der Waals surface area contributed by atoms with Crippen molar-refractivity contribution in [2.24, 2.45) is 0 Å². The van der Waals surface area contributed by atoms with Gasteiger partial charge in [0.1, 0.15) is 0 Å². The molecule has 0 saturated carbocycles. The lowest BCUT2D eigenvalue weighted by Gasteiger charge is -2.35. The van der Waals surface area contributed by atoms with Crippen LogP contribution in [0.15, 0.2) is 16.8 Å². The maximum atomic E-state index is 13.2. The van der Waals surface area contributed by atoms with Crippen molar-refractivity contribution in [1.82, 2.24) is 15.1 Å². The molecule has 2 amide bonds. The molecule has 1 N–H and O–H groups in total. The Balaban J connectivity index is 1.58. The van der Waals surface area contributed by atoms with E-state index in [0.717, 1.165) is 58.5 Å². The Morgan fingerprint density at radius 3 is 2.61 bits per heavy atom. The van der Waals surface area contributed by atoms with Gasteiger partial charge in [0.05, 0.1) is 6.04 Å². The Morgan fingerprint density at radius 1 is 1.13 bits per heavy atom. The molecule has 4 rings (SSSR count). The van der Waals surface area contributed by atoms with Gasteiger partial charge in [-0.1, -0.05) is 0 Å². The molecular formula is C17H25N3O2S. The van der Waals surface area contributed by atoms with E-state index in [4.69, 9.17) is 4.74 Å². The number of carbonyl (C=O) groups is 1. The molecule has 0 radical (unpaired) electrons. The second-order valence-electron chi connectivity index (χ2n) is 6.74. The average Bonchev–Trinajstić information content (AvgIpc) is 3.24. The second-order valence-corrected chi connectivity index (χ2v) is 7.52. The summed E-state index contributed by atoms with van der Waals surface area (Å²) < 4.78 is 5.48. The topological polar surface area (TPSA) is 44.8 Å². The van der Waals surface area contributed by atoms with Crippen LogP contribution in [0.3, 0.4) is 0 Å². The summed E-state index contributed by atoms with van der Waals surface area (Å²) in [4.78, 5) is 17.5. The van der Waals surface area contributed by atoms with Crippen LogP contribution in [0, 0.1) is 0 Å². The van der Waals surface area contributed by atoms with Gasteiger partial charge in [0.2, 0.25) is 0 Å². The van der Waals surface area contributed by atoms with Crippen LogP contribution in [-0.2, 0) is 4.74 Å². The predicted octanol–water partition coefficient (Wildman–Crippen LogP) is 2.46. The number of piperidine rings is 1. The van der Waals surface area contributed by atoms with Gasteiger partial charge in [-0.25, -0.2) is 4.79 Å². The van der Waals surface area contributed by atoms with E-state index in [0.29, 0.717) is 12.1 Å². The molecule has 23 heavy (non-hydrogen) atoms. The van der Waals surface area contributed by atoms with Crippen LogP contribution < -0.4 is 5.32 Å². The molecular weight excluding hydrogens is 310 g/mol. The van der Waals surface area contributed by atoms with E-state index < -0.39 is 0 Å². The van der Waals surface area contributed by atoms with Crippen LogP contribution in [0.1, 0.15) is 37.3 Å². The number of urea groups is 1. The average molecular weight is 335 g/mol. The molecule has 0 spiro atoms. The zero-order chi connectivity index (χ0) is 15.6. The van der Waals surface area contributed by atoms with Gasteiger partial charge in [-0.15, -0.1) is 0 Å². The van der Waals surface area contributed by atoms with Crippen molar-refractivity contribution < 1.29 is 9.53 Å². The first-order valence-electron chi connectivity index (χ1n) is 8.74. The zero-order valence-corrected chi connectivity index (χ0v) is 14.3. The third-order valence-electron chi connectivity index (χ3n) is 5.43. The number of thiophene rings is 1. The van der Waals surface area contributed by atoms with Crippen LogP contribution in [-0.4, -0.2) is 60.8 Å². The highest BCUT2D eigenvalue weighted by Crippen LogP contribution is 2.37. The van der Waals surface area contributed by atoms with Gasteiger partial charge in [0.25, 0.3) is 0 Å². The molecule has 5 nitrogen and oxygen atoms in total. The molecule has 0 aliphatic carbocycles. The number of nitrogens with zero attached hydrogens (tertiary/aromatic N) is 2. The monoisotopic (exact) mass is 335 g/mol. The van der Waals surface area contributed by atoms with Gasteiger partial charge in [-0.05, 0) is 61.2 Å². The predicted molar refractivity (Wildman–Crippen MR) is 90.7 cm³/mol. The SMILES string of the molecule is O=C1N(C2CCOCC2)CC(c2ccsc2)N1C1CCNCC1. The van der Waals surface area contributed by atoms with E-state index in [2.05, 4.69) is 31.9 Å². The molecule has 4 heterocycles. The van der Waals surface area contributed by atoms with Crippen LogP contribution in [0.4, 0.5) is 4.79 Å². The van der Waals surface area contributed by atoms with Crippen molar-refractivity contribution in [3.8, 4) is 0 Å². The molecule has 1 atom stereocenters. The molecule has 3 aliphatic rings. The Hall–Kier alpha value is -1.11. The van der Waals surface area contributed by atoms with Gasteiger partial charge in [-0.3, -0.25) is 0 Å². The van der Waals surface area contributed by atoms with Crippen molar-refractivity contribution in [3.63, 3.8) is 0 Å². The highest BCUT2D eigenvalue weighted by atomic mass is 32.1. The summed E-state index contributed by atoms with van der Waals surface area (Å²) in [6, 6.07) is 3.38. The molecule has 3 saturated heterocycles. The number of rotatable bonds is 3. The molecule has 1 aromatic rings. The van der Waals surface area contributed by atoms with Crippen molar-refractivity contribution in [2.75, 3.05) is 32.8 Å². The van der Waals surface area contributed by atoms with Gasteiger partial charge in [0.15, 0.2) is 0 Å². The largest absolute Gasteiger partial charge is 0.381 e. The summed E-state index contributed by atoms with van der Waals surface area (Å²) in [5.74, 6) is 0. The molecule has 6 heteroatoms. The van der Waals surface area contributed by atoms with Crippen LogP contribution >= 0.6 is 11.3 Å². The number of carbonyl (C=O) groups excluding carboxylic acids is 1. The highest BCUT2D eigenvalue weighted by Gasteiger charge is 2.44. The Bertz CT molecular complexity index is 524. The van der Waals surface area contributed by atoms with Crippen LogP contribution in [0.5, 0.6) is 0 Å². The fourth-order valence-corrected chi connectivity index (χ4v) is 4.87. The summed E-state index contributed by atoms with van der Waals surface area (Å²) in [7, 11) is 0. The van der Waals surface area contributed by atoms with Crippen molar-refractivity contribution in [1.29, 1.82) is 0 Å². The number of ether oxygens (including phenoxy) is 1. The lowest BCUT2D eigenvalue weighted by molar-refractivity contribution is 0.0498. The van der Waals surface area contributed by atoms with Crippen molar-refractivity contribution >= 4 is 17.4 Å². The van der Waals surface area contributed by atoms with Crippen molar-refractivity contribution in [3.05, 3.63) is 22.4 Å². The number of nitrogens with one attached hydrogen (secondary N) is 1. The summed E-state index contributed by atoms with van der Waals surface area (Å²) in [6.45, 7) is 4.43. The van der Waals surface area contributed by atoms with Gasteiger partial charge in [-0.2, -0.15) is 11.3 Å². The Labute approximate surface area is 141 Å². The summed E-state index contributed by atoms with van der Waals surface area (Å²) in [6.07, 6.45) is 4.08. The molecule has 0 bridgehead atoms. The Morgan fingerprint density at radius 2 is 1.91 bits per heavy atom. The smallest absolute Gasteiger partial charge is 0.321 e. The minimum Gasteiger partial charge on any atom is -0.381 e. The molecule has 1 aromatic heterocycles. The highest BCUT2D eigenvalue weighted by molar-refractivity contribution is 7.08. The van der Waals surface area contributed by atoms with Gasteiger partial charge in [0, 0.05) is 31.8 Å². The van der Waals surface area contributed by atoms with Gasteiger partial charge < -0.3 is 19.9 Å². The fraction of sp³-hybridized carbons (Fsp3) is 0.706. The van der Waals surface area contributed by atoms with E-state index >= 15 is 0 Å². The minimum atomic E-state index is 0.222. The molecule has 3 fully saturated rings. The van der Waals surface area contributed by atoms with E-state index in [9.17, 15) is 4.79 Å². The number of hydrogen-bond acceptors (Lipinski definition) is 4. The third-order valence-corrected chi connectivity index (χ3v) is 6.14. The van der Waals surface area contributed by atoms with Crippen molar-refractivity contribution in [2.45, 2.75) is 43.8 Å². The van der Waals surface area contributed by atoms with Gasteiger partial charge >= 0.3 is 6.03 Å². The summed E-state index contributed by atoms with van der Waals surface area (Å²) >= 11 is 1.72. The second kappa shape index (κ2) is 6.79. The summed E-state index contributed by atoms with van der Waals surface area (Å²) in [5.41, 5.74) is 1.30. The molecule has 1 unspecified atom stereocenters. The lowest BCUT2D eigenvalue weighted by atomic mass is 10.0. The first kappa shape index (κ1) is 15.4. The zero-order valence-electron chi connectivity index (χ0n) is 13.4. The molecule has 3 aliphatic heterocycles.